The minimum absolute atomic E-state index is 0.0281. The Kier molecular flexibility index (Phi) is 4.16. The van der Waals surface area contributed by atoms with Gasteiger partial charge in [0, 0.05) is 16.6 Å². The van der Waals surface area contributed by atoms with Gasteiger partial charge >= 0.3 is 0 Å². The van der Waals surface area contributed by atoms with Crippen LogP contribution in [0.15, 0.2) is 28.7 Å². The summed E-state index contributed by atoms with van der Waals surface area (Å²) in [6, 6.07) is 6.54. The Balaban J connectivity index is 1.78. The molecule has 23 heavy (non-hydrogen) atoms. The molecule has 1 saturated heterocycles. The van der Waals surface area contributed by atoms with Gasteiger partial charge in [0.05, 0.1) is 11.5 Å². The summed E-state index contributed by atoms with van der Waals surface area (Å²) in [4.78, 5) is 16.5. The molecular formula is C15H15ClN2O4S. The van der Waals surface area contributed by atoms with Crippen LogP contribution in [0, 0.1) is 6.92 Å². The number of oxazole rings is 1. The van der Waals surface area contributed by atoms with Gasteiger partial charge in [-0.05, 0) is 37.6 Å². The zero-order valence-electron chi connectivity index (χ0n) is 12.4. The molecule has 0 radical (unpaired) electrons. The molecule has 1 N–H and O–H groups in total. The molecule has 1 aliphatic rings. The van der Waals surface area contributed by atoms with Gasteiger partial charge in [-0.3, -0.25) is 4.79 Å². The number of aromatic nitrogens is 1. The smallest absolute Gasteiger partial charge is 0.273 e. The Labute approximate surface area is 138 Å². The molecule has 0 aliphatic carbocycles. The molecule has 1 aliphatic heterocycles. The number of aryl methyl sites for hydroxylation is 1. The Hall–Kier alpha value is -1.86. The van der Waals surface area contributed by atoms with Crippen LogP contribution in [0.4, 0.5) is 0 Å². The summed E-state index contributed by atoms with van der Waals surface area (Å²) < 4.78 is 28.4. The van der Waals surface area contributed by atoms with Crippen LogP contribution in [0.1, 0.15) is 22.7 Å². The van der Waals surface area contributed by atoms with E-state index in [2.05, 4.69) is 10.3 Å². The quantitative estimate of drug-likeness (QED) is 0.912. The van der Waals surface area contributed by atoms with Crippen LogP contribution in [0.3, 0.4) is 0 Å². The lowest BCUT2D eigenvalue weighted by molar-refractivity contribution is 0.0935. The maximum atomic E-state index is 12.3. The minimum atomic E-state index is -3.05. The lowest BCUT2D eigenvalue weighted by atomic mass is 10.2. The summed E-state index contributed by atoms with van der Waals surface area (Å²) in [5, 5.41) is 3.30. The lowest BCUT2D eigenvalue weighted by Crippen LogP contribution is -2.36. The Morgan fingerprint density at radius 2 is 2.04 bits per heavy atom. The third kappa shape index (κ3) is 3.56. The first kappa shape index (κ1) is 16.0. The summed E-state index contributed by atoms with van der Waals surface area (Å²) in [6.07, 6.45) is 0.426. The van der Waals surface area contributed by atoms with E-state index in [1.165, 1.54) is 0 Å². The monoisotopic (exact) mass is 354 g/mol. The Morgan fingerprint density at radius 3 is 2.65 bits per heavy atom. The molecule has 1 aromatic heterocycles. The third-order valence-electron chi connectivity index (χ3n) is 3.67. The van der Waals surface area contributed by atoms with E-state index in [1.807, 2.05) is 0 Å². The fraction of sp³-hybridized carbons (Fsp3) is 0.333. The molecule has 8 heteroatoms. The number of carbonyl (C=O) groups excluding carboxylic acids is 1. The first-order valence-electron chi connectivity index (χ1n) is 7.09. The number of amides is 1. The molecule has 2 heterocycles. The highest BCUT2D eigenvalue weighted by Crippen LogP contribution is 2.23. The van der Waals surface area contributed by atoms with Crippen LogP contribution in [0.25, 0.3) is 11.5 Å². The summed E-state index contributed by atoms with van der Waals surface area (Å²) in [6.45, 7) is 1.65. The number of carbonyl (C=O) groups is 1. The van der Waals surface area contributed by atoms with E-state index in [0.29, 0.717) is 28.7 Å². The molecule has 3 rings (SSSR count). The van der Waals surface area contributed by atoms with E-state index in [1.54, 1.807) is 31.2 Å². The number of nitrogens with one attached hydrogen (secondary N) is 1. The average molecular weight is 355 g/mol. The van der Waals surface area contributed by atoms with Crippen LogP contribution >= 0.6 is 11.6 Å². The maximum Gasteiger partial charge on any atom is 0.273 e. The van der Waals surface area contributed by atoms with Crippen molar-refractivity contribution in [2.45, 2.75) is 19.4 Å². The molecule has 1 aromatic carbocycles. The van der Waals surface area contributed by atoms with Crippen molar-refractivity contribution in [3.63, 3.8) is 0 Å². The first-order chi connectivity index (χ1) is 10.8. The summed E-state index contributed by atoms with van der Waals surface area (Å²) in [7, 11) is -3.05. The minimum Gasteiger partial charge on any atom is -0.441 e. The Bertz CT molecular complexity index is 843. The van der Waals surface area contributed by atoms with Gasteiger partial charge in [-0.15, -0.1) is 0 Å². The maximum absolute atomic E-state index is 12.3. The second-order valence-electron chi connectivity index (χ2n) is 5.50. The predicted molar refractivity (Wildman–Crippen MR) is 86.2 cm³/mol. The van der Waals surface area contributed by atoms with Gasteiger partial charge in [0.25, 0.3) is 5.91 Å². The van der Waals surface area contributed by atoms with Crippen molar-refractivity contribution in [1.29, 1.82) is 0 Å². The second kappa shape index (κ2) is 5.98. The first-order valence-corrected chi connectivity index (χ1v) is 9.29. The highest BCUT2D eigenvalue weighted by molar-refractivity contribution is 7.91. The number of rotatable bonds is 3. The fourth-order valence-corrected chi connectivity index (χ4v) is 4.28. The topological polar surface area (TPSA) is 89.3 Å². The lowest BCUT2D eigenvalue weighted by Gasteiger charge is -2.08. The number of hydrogen-bond donors (Lipinski definition) is 1. The number of benzene rings is 1. The van der Waals surface area contributed by atoms with Crippen molar-refractivity contribution in [1.82, 2.24) is 10.3 Å². The summed E-state index contributed by atoms with van der Waals surface area (Å²) in [5.41, 5.74) is 0.874. The van der Waals surface area contributed by atoms with Crippen molar-refractivity contribution < 1.29 is 17.6 Å². The zero-order valence-corrected chi connectivity index (χ0v) is 13.9. The molecule has 0 saturated carbocycles. The van der Waals surface area contributed by atoms with Gasteiger partial charge in [-0.25, -0.2) is 13.4 Å². The molecule has 1 unspecified atom stereocenters. The van der Waals surface area contributed by atoms with Gasteiger partial charge in [-0.2, -0.15) is 0 Å². The standard InChI is InChI=1S/C15H15ClN2O4S/c1-9-13(14(19)17-12-6-7-23(20,21)8-12)18-15(22-9)10-2-4-11(16)5-3-10/h2-5,12H,6-8H2,1H3,(H,17,19). The molecule has 2 aromatic rings. The Morgan fingerprint density at radius 1 is 1.35 bits per heavy atom. The fourth-order valence-electron chi connectivity index (χ4n) is 2.49. The molecule has 0 spiro atoms. The molecule has 0 bridgehead atoms. The van der Waals surface area contributed by atoms with E-state index in [9.17, 15) is 13.2 Å². The highest BCUT2D eigenvalue weighted by atomic mass is 35.5. The van der Waals surface area contributed by atoms with Gasteiger partial charge in [0.15, 0.2) is 15.5 Å². The largest absolute Gasteiger partial charge is 0.441 e. The van der Waals surface area contributed by atoms with E-state index in [0.717, 1.165) is 0 Å². The number of hydrogen-bond acceptors (Lipinski definition) is 5. The van der Waals surface area contributed by atoms with E-state index < -0.39 is 15.7 Å². The molecular weight excluding hydrogens is 340 g/mol. The molecule has 1 atom stereocenters. The van der Waals surface area contributed by atoms with Crippen molar-refractivity contribution in [3.8, 4) is 11.5 Å². The molecule has 122 valence electrons. The predicted octanol–water partition coefficient (Wildman–Crippen LogP) is 2.22. The van der Waals surface area contributed by atoms with Crippen molar-refractivity contribution >= 4 is 27.3 Å². The summed E-state index contributed by atoms with van der Waals surface area (Å²) >= 11 is 5.84. The number of sulfone groups is 1. The zero-order chi connectivity index (χ0) is 16.6. The van der Waals surface area contributed by atoms with E-state index >= 15 is 0 Å². The van der Waals surface area contributed by atoms with Gasteiger partial charge < -0.3 is 9.73 Å². The van der Waals surface area contributed by atoms with Crippen LogP contribution in [0.2, 0.25) is 5.02 Å². The second-order valence-corrected chi connectivity index (χ2v) is 8.17. The normalized spacial score (nSPS) is 19.7. The van der Waals surface area contributed by atoms with Crippen LogP contribution in [0.5, 0.6) is 0 Å². The van der Waals surface area contributed by atoms with Crippen LogP contribution in [-0.2, 0) is 9.84 Å². The van der Waals surface area contributed by atoms with Crippen molar-refractivity contribution in [2.75, 3.05) is 11.5 Å². The average Bonchev–Trinajstić information content (AvgIpc) is 3.02. The number of halogens is 1. The summed E-state index contributed by atoms with van der Waals surface area (Å²) in [5.74, 6) is 0.357. The van der Waals surface area contributed by atoms with Gasteiger partial charge in [0.1, 0.15) is 5.76 Å². The highest BCUT2D eigenvalue weighted by Gasteiger charge is 2.30. The van der Waals surface area contributed by atoms with E-state index in [-0.39, 0.29) is 23.2 Å². The van der Waals surface area contributed by atoms with Crippen molar-refractivity contribution in [2.24, 2.45) is 0 Å². The third-order valence-corrected chi connectivity index (χ3v) is 5.69. The van der Waals surface area contributed by atoms with E-state index in [4.69, 9.17) is 16.0 Å². The molecule has 1 amide bonds. The molecule has 1 fully saturated rings. The van der Waals surface area contributed by atoms with Gasteiger partial charge in [-0.1, -0.05) is 11.6 Å². The molecule has 6 nitrogen and oxygen atoms in total. The van der Waals surface area contributed by atoms with Crippen LogP contribution in [-0.4, -0.2) is 36.9 Å². The van der Waals surface area contributed by atoms with Gasteiger partial charge in [0.2, 0.25) is 5.89 Å². The van der Waals surface area contributed by atoms with Crippen molar-refractivity contribution in [3.05, 3.63) is 40.7 Å². The van der Waals surface area contributed by atoms with Crippen LogP contribution < -0.4 is 5.32 Å². The SMILES string of the molecule is Cc1oc(-c2ccc(Cl)cc2)nc1C(=O)NC1CCS(=O)(=O)C1. The number of nitrogens with zero attached hydrogens (tertiary/aromatic N) is 1.